The summed E-state index contributed by atoms with van der Waals surface area (Å²) in [5, 5.41) is 31.6. The van der Waals surface area contributed by atoms with Crippen LogP contribution in [0.25, 0.3) is 0 Å². The van der Waals surface area contributed by atoms with Crippen LogP contribution in [0.1, 0.15) is 64.1 Å². The van der Waals surface area contributed by atoms with E-state index in [9.17, 15) is 19.8 Å². The Morgan fingerprint density at radius 3 is 2.47 bits per heavy atom. The standard InChI is InChI=1S/C22H36N6O4/c1-22(2,3)19(28-12-17(24-25-28)13-5-6-13)21(32)27-11-16(30)8-18(27)20(31)23-9-14-7-15(29)10-26(14)4/h12-16,18-19,29-30H,5-11H2,1-4H3,(H,23,31)/t14?,15?,16-,18+,19-/m1/s1. The number of carbonyl (C=O) groups is 2. The molecule has 2 amide bonds. The van der Waals surface area contributed by atoms with Gasteiger partial charge in [-0.05, 0) is 31.7 Å². The molecule has 5 atom stereocenters. The minimum Gasteiger partial charge on any atom is -0.392 e. The van der Waals surface area contributed by atoms with Crippen molar-refractivity contribution < 1.29 is 19.8 Å². The van der Waals surface area contributed by atoms with Crippen LogP contribution in [0.15, 0.2) is 6.20 Å². The number of nitrogens with zero attached hydrogens (tertiary/aromatic N) is 5. The number of hydrogen-bond acceptors (Lipinski definition) is 7. The molecule has 3 aliphatic rings. The lowest BCUT2D eigenvalue weighted by Crippen LogP contribution is -2.51. The normalized spacial score (nSPS) is 30.0. The van der Waals surface area contributed by atoms with Crippen molar-refractivity contribution in [1.29, 1.82) is 0 Å². The van der Waals surface area contributed by atoms with Gasteiger partial charge in [0, 0.05) is 44.2 Å². The lowest BCUT2D eigenvalue weighted by molar-refractivity contribution is -0.144. The number of rotatable bonds is 6. The quantitative estimate of drug-likeness (QED) is 0.555. The molecule has 10 nitrogen and oxygen atoms in total. The van der Waals surface area contributed by atoms with Crippen molar-refractivity contribution in [3.05, 3.63) is 11.9 Å². The molecule has 0 aromatic carbocycles. The number of β-amino-alcohol motifs (C(OH)–C–C–N with tert-alkyl or cyclic N) is 2. The van der Waals surface area contributed by atoms with Gasteiger partial charge in [-0.2, -0.15) is 0 Å². The van der Waals surface area contributed by atoms with Crippen molar-refractivity contribution >= 4 is 11.8 Å². The number of amides is 2. The van der Waals surface area contributed by atoms with E-state index in [2.05, 4.69) is 15.6 Å². The summed E-state index contributed by atoms with van der Waals surface area (Å²) in [5.74, 6) is -0.0664. The number of aromatic nitrogens is 3. The van der Waals surface area contributed by atoms with Gasteiger partial charge in [-0.1, -0.05) is 26.0 Å². The topological polar surface area (TPSA) is 124 Å². The Labute approximate surface area is 188 Å². The van der Waals surface area contributed by atoms with Crippen molar-refractivity contribution in [3.63, 3.8) is 0 Å². The summed E-state index contributed by atoms with van der Waals surface area (Å²) >= 11 is 0. The second-order valence-electron chi connectivity index (χ2n) is 10.8. The molecule has 4 rings (SSSR count). The third kappa shape index (κ3) is 4.82. The van der Waals surface area contributed by atoms with E-state index in [-0.39, 0.29) is 36.9 Å². The minimum atomic E-state index is -0.746. The van der Waals surface area contributed by atoms with Gasteiger partial charge in [0.05, 0.1) is 17.9 Å². The Morgan fingerprint density at radius 2 is 1.88 bits per heavy atom. The molecule has 3 N–H and O–H groups in total. The van der Waals surface area contributed by atoms with Crippen molar-refractivity contribution in [1.82, 2.24) is 30.1 Å². The number of likely N-dealkylation sites (N-methyl/N-ethyl adjacent to an activating group) is 1. The summed E-state index contributed by atoms with van der Waals surface area (Å²) in [6.07, 6.45) is 3.74. The van der Waals surface area contributed by atoms with E-state index >= 15 is 0 Å². The van der Waals surface area contributed by atoms with Gasteiger partial charge in [0.15, 0.2) is 0 Å². The average molecular weight is 449 g/mol. The van der Waals surface area contributed by atoms with Gasteiger partial charge in [0.2, 0.25) is 11.8 Å². The highest BCUT2D eigenvalue weighted by molar-refractivity contribution is 5.90. The summed E-state index contributed by atoms with van der Waals surface area (Å²) in [5.41, 5.74) is 0.453. The van der Waals surface area contributed by atoms with Gasteiger partial charge in [0.25, 0.3) is 0 Å². The summed E-state index contributed by atoms with van der Waals surface area (Å²) in [6.45, 7) is 7.01. The highest BCUT2D eigenvalue weighted by Crippen LogP contribution is 2.40. The molecule has 3 fully saturated rings. The summed E-state index contributed by atoms with van der Waals surface area (Å²) in [6, 6.07) is -1.30. The first-order valence-corrected chi connectivity index (χ1v) is 11.6. The maximum absolute atomic E-state index is 13.7. The number of carbonyl (C=O) groups excluding carboxylic acids is 2. The Kier molecular flexibility index (Phi) is 6.30. The number of nitrogens with one attached hydrogen (secondary N) is 1. The van der Waals surface area contributed by atoms with Crippen LogP contribution in [0, 0.1) is 5.41 Å². The molecule has 3 heterocycles. The van der Waals surface area contributed by atoms with Gasteiger partial charge >= 0.3 is 0 Å². The molecule has 2 aliphatic heterocycles. The van der Waals surface area contributed by atoms with Gasteiger partial charge in [0.1, 0.15) is 12.1 Å². The van der Waals surface area contributed by atoms with E-state index in [0.717, 1.165) is 18.5 Å². The summed E-state index contributed by atoms with van der Waals surface area (Å²) in [4.78, 5) is 30.3. The van der Waals surface area contributed by atoms with E-state index in [0.29, 0.717) is 25.4 Å². The van der Waals surface area contributed by atoms with Crippen LogP contribution in [0.4, 0.5) is 0 Å². The van der Waals surface area contributed by atoms with Gasteiger partial charge < -0.3 is 20.4 Å². The fourth-order valence-corrected chi connectivity index (χ4v) is 4.95. The summed E-state index contributed by atoms with van der Waals surface area (Å²) in [7, 11) is 1.92. The Morgan fingerprint density at radius 1 is 1.19 bits per heavy atom. The predicted octanol–water partition coefficient (Wildman–Crippen LogP) is -0.114. The summed E-state index contributed by atoms with van der Waals surface area (Å²) < 4.78 is 1.63. The first-order chi connectivity index (χ1) is 15.0. The lowest BCUT2D eigenvalue weighted by Gasteiger charge is -2.34. The smallest absolute Gasteiger partial charge is 0.248 e. The number of aliphatic hydroxyl groups is 2. The van der Waals surface area contributed by atoms with E-state index in [4.69, 9.17) is 0 Å². The second-order valence-corrected chi connectivity index (χ2v) is 10.8. The average Bonchev–Trinajstić information content (AvgIpc) is 3.16. The van der Waals surface area contributed by atoms with Crippen molar-refractivity contribution in [2.24, 2.45) is 5.41 Å². The molecule has 0 bridgehead atoms. The molecule has 32 heavy (non-hydrogen) atoms. The van der Waals surface area contributed by atoms with Gasteiger partial charge in [-0.25, -0.2) is 4.68 Å². The van der Waals surface area contributed by atoms with Gasteiger partial charge in [-0.15, -0.1) is 5.10 Å². The SMILES string of the molecule is CN1CC(O)CC1CNC(=O)[C@@H]1C[C@@H](O)CN1C(=O)[C@@H](n1cc(C2CC2)nn1)C(C)(C)C. The van der Waals surface area contributed by atoms with Crippen LogP contribution in [-0.4, -0.2) is 97.8 Å². The molecule has 2 saturated heterocycles. The first kappa shape index (κ1) is 23.1. The van der Waals surface area contributed by atoms with E-state index < -0.39 is 23.6 Å². The predicted molar refractivity (Wildman–Crippen MR) is 117 cm³/mol. The van der Waals surface area contributed by atoms with Crippen LogP contribution in [-0.2, 0) is 9.59 Å². The maximum Gasteiger partial charge on any atom is 0.248 e. The molecule has 0 radical (unpaired) electrons. The Bertz CT molecular complexity index is 848. The zero-order valence-corrected chi connectivity index (χ0v) is 19.4. The van der Waals surface area contributed by atoms with E-state index in [1.54, 1.807) is 4.68 Å². The van der Waals surface area contributed by atoms with Crippen molar-refractivity contribution in [3.8, 4) is 0 Å². The van der Waals surface area contributed by atoms with Crippen LogP contribution >= 0.6 is 0 Å². The highest BCUT2D eigenvalue weighted by Gasteiger charge is 2.45. The number of aliphatic hydroxyl groups excluding tert-OH is 2. The zero-order chi connectivity index (χ0) is 23.2. The molecule has 2 unspecified atom stereocenters. The lowest BCUT2D eigenvalue weighted by atomic mass is 9.85. The molecule has 0 spiro atoms. The molecule has 1 aromatic rings. The molecule has 10 heteroatoms. The van der Waals surface area contributed by atoms with Crippen LogP contribution < -0.4 is 5.32 Å². The fourth-order valence-electron chi connectivity index (χ4n) is 4.95. The fraction of sp³-hybridized carbons (Fsp3) is 0.818. The van der Waals surface area contributed by atoms with Crippen LogP contribution in [0.2, 0.25) is 0 Å². The number of likely N-dealkylation sites (tertiary alicyclic amines) is 2. The van der Waals surface area contributed by atoms with Crippen LogP contribution in [0.3, 0.4) is 0 Å². The highest BCUT2D eigenvalue weighted by atomic mass is 16.3. The van der Waals surface area contributed by atoms with Gasteiger partial charge in [-0.3, -0.25) is 14.5 Å². The number of hydrogen-bond donors (Lipinski definition) is 3. The third-order valence-corrected chi connectivity index (χ3v) is 6.89. The Hall–Kier alpha value is -2.04. The molecular formula is C22H36N6O4. The zero-order valence-electron chi connectivity index (χ0n) is 19.4. The van der Waals surface area contributed by atoms with E-state index in [1.807, 2.05) is 38.9 Å². The largest absolute Gasteiger partial charge is 0.392 e. The minimum absolute atomic E-state index is 0.0581. The van der Waals surface area contributed by atoms with Crippen molar-refractivity contribution in [2.75, 3.05) is 26.7 Å². The molecule has 1 aliphatic carbocycles. The molecular weight excluding hydrogens is 412 g/mol. The molecule has 1 saturated carbocycles. The molecule has 178 valence electrons. The maximum atomic E-state index is 13.7. The van der Waals surface area contributed by atoms with E-state index in [1.165, 1.54) is 4.90 Å². The third-order valence-electron chi connectivity index (χ3n) is 6.89. The second kappa shape index (κ2) is 8.72. The Balaban J connectivity index is 1.48. The van der Waals surface area contributed by atoms with Crippen molar-refractivity contribution in [2.45, 2.75) is 82.7 Å². The van der Waals surface area contributed by atoms with Crippen LogP contribution in [0.5, 0.6) is 0 Å². The molecule has 1 aromatic heterocycles. The monoisotopic (exact) mass is 448 g/mol. The first-order valence-electron chi connectivity index (χ1n) is 11.6.